The SMILES string of the molecule is CCOc1ccc(NC(=O)CN2N=NC3C(=O)N(c4ccc(OC)c(OC)c4)C(=O)C32)cc1. The molecule has 0 saturated carbocycles. The van der Waals surface area contributed by atoms with E-state index in [0.717, 1.165) is 4.90 Å². The zero-order valence-corrected chi connectivity index (χ0v) is 18.3. The molecule has 3 amide bonds. The number of rotatable bonds is 8. The van der Waals surface area contributed by atoms with E-state index in [1.165, 1.54) is 25.3 Å². The normalized spacial score (nSPS) is 19.0. The molecule has 0 spiro atoms. The third-order valence-corrected chi connectivity index (χ3v) is 5.24. The number of carbonyl (C=O) groups excluding carboxylic acids is 3. The van der Waals surface area contributed by atoms with Gasteiger partial charge >= 0.3 is 0 Å². The first kappa shape index (κ1) is 22.1. The van der Waals surface area contributed by atoms with Gasteiger partial charge in [0.25, 0.3) is 11.8 Å². The van der Waals surface area contributed by atoms with Gasteiger partial charge in [0.05, 0.1) is 26.5 Å². The van der Waals surface area contributed by atoms with Crippen molar-refractivity contribution >= 4 is 29.1 Å². The number of methoxy groups -OCH3 is 2. The highest BCUT2D eigenvalue weighted by molar-refractivity contribution is 6.25. The van der Waals surface area contributed by atoms with Crippen molar-refractivity contribution in [3.8, 4) is 17.2 Å². The van der Waals surface area contributed by atoms with E-state index in [4.69, 9.17) is 14.2 Å². The lowest BCUT2D eigenvalue weighted by molar-refractivity contribution is -0.123. The minimum atomic E-state index is -1.01. The van der Waals surface area contributed by atoms with E-state index in [0.29, 0.717) is 35.2 Å². The predicted octanol–water partition coefficient (Wildman–Crippen LogP) is 2.03. The highest BCUT2D eigenvalue weighted by Gasteiger charge is 2.55. The van der Waals surface area contributed by atoms with Gasteiger partial charge in [0.1, 0.15) is 12.3 Å². The average molecular weight is 453 g/mol. The van der Waals surface area contributed by atoms with Gasteiger partial charge in [0, 0.05) is 11.8 Å². The van der Waals surface area contributed by atoms with Gasteiger partial charge < -0.3 is 19.5 Å². The molecule has 2 unspecified atom stereocenters. The second-order valence-electron chi connectivity index (χ2n) is 7.25. The van der Waals surface area contributed by atoms with Gasteiger partial charge in [-0.15, -0.1) is 0 Å². The van der Waals surface area contributed by atoms with Crippen molar-refractivity contribution in [2.75, 3.05) is 37.6 Å². The van der Waals surface area contributed by atoms with Crippen LogP contribution in [0.2, 0.25) is 0 Å². The van der Waals surface area contributed by atoms with Gasteiger partial charge in [0.15, 0.2) is 23.6 Å². The highest BCUT2D eigenvalue weighted by Crippen LogP contribution is 2.36. The summed E-state index contributed by atoms with van der Waals surface area (Å²) in [5.74, 6) is 0.0979. The van der Waals surface area contributed by atoms with Crippen LogP contribution in [0.15, 0.2) is 52.8 Å². The van der Waals surface area contributed by atoms with Gasteiger partial charge in [0.2, 0.25) is 5.91 Å². The van der Waals surface area contributed by atoms with Gasteiger partial charge in [-0.2, -0.15) is 5.11 Å². The first-order valence-corrected chi connectivity index (χ1v) is 10.3. The summed E-state index contributed by atoms with van der Waals surface area (Å²) >= 11 is 0. The molecule has 0 radical (unpaired) electrons. The lowest BCUT2D eigenvalue weighted by atomic mass is 10.1. The number of ether oxygens (including phenoxy) is 3. The summed E-state index contributed by atoms with van der Waals surface area (Å²) in [6, 6.07) is 9.62. The topological polar surface area (TPSA) is 122 Å². The van der Waals surface area contributed by atoms with Crippen LogP contribution in [-0.2, 0) is 14.4 Å². The van der Waals surface area contributed by atoms with Gasteiger partial charge in [-0.1, -0.05) is 5.22 Å². The van der Waals surface area contributed by atoms with Crippen molar-refractivity contribution < 1.29 is 28.6 Å². The van der Waals surface area contributed by atoms with Gasteiger partial charge in [-0.05, 0) is 43.3 Å². The number of nitrogens with one attached hydrogen (secondary N) is 1. The van der Waals surface area contributed by atoms with Gasteiger partial charge in [-0.3, -0.25) is 19.4 Å². The van der Waals surface area contributed by atoms with Crippen LogP contribution in [0.5, 0.6) is 17.2 Å². The van der Waals surface area contributed by atoms with E-state index in [-0.39, 0.29) is 6.54 Å². The Morgan fingerprint density at radius 3 is 2.42 bits per heavy atom. The monoisotopic (exact) mass is 453 g/mol. The first-order chi connectivity index (χ1) is 16.0. The molecule has 2 aliphatic heterocycles. The van der Waals surface area contributed by atoms with Crippen molar-refractivity contribution in [3.63, 3.8) is 0 Å². The van der Waals surface area contributed by atoms with Crippen LogP contribution in [0.25, 0.3) is 0 Å². The van der Waals surface area contributed by atoms with Crippen LogP contribution in [0, 0.1) is 0 Å². The molecule has 11 heteroatoms. The largest absolute Gasteiger partial charge is 0.494 e. The van der Waals surface area contributed by atoms with Crippen molar-refractivity contribution in [1.82, 2.24) is 5.01 Å². The maximum atomic E-state index is 13.1. The van der Waals surface area contributed by atoms with Gasteiger partial charge in [-0.25, -0.2) is 4.90 Å². The van der Waals surface area contributed by atoms with E-state index in [1.54, 1.807) is 36.4 Å². The Hall–Kier alpha value is -4.15. The molecule has 1 saturated heterocycles. The molecule has 172 valence electrons. The molecule has 1 N–H and O–H groups in total. The maximum Gasteiger partial charge on any atom is 0.263 e. The lowest BCUT2D eigenvalue weighted by Crippen LogP contribution is -2.43. The number of nitrogens with zero attached hydrogens (tertiary/aromatic N) is 4. The zero-order chi connectivity index (χ0) is 23.5. The molecule has 2 atom stereocenters. The van der Waals surface area contributed by atoms with E-state index < -0.39 is 29.8 Å². The molecule has 0 bridgehead atoms. The summed E-state index contributed by atoms with van der Waals surface area (Å²) in [5, 5.41) is 11.8. The summed E-state index contributed by atoms with van der Waals surface area (Å²) < 4.78 is 15.8. The molecule has 0 aromatic heterocycles. The van der Waals surface area contributed by atoms with Crippen LogP contribution in [0.4, 0.5) is 11.4 Å². The number of amides is 3. The average Bonchev–Trinajstić information content (AvgIpc) is 3.34. The lowest BCUT2D eigenvalue weighted by Gasteiger charge is -2.20. The fourth-order valence-electron chi connectivity index (χ4n) is 3.72. The first-order valence-electron chi connectivity index (χ1n) is 10.3. The molecule has 33 heavy (non-hydrogen) atoms. The zero-order valence-electron chi connectivity index (χ0n) is 18.3. The summed E-state index contributed by atoms with van der Waals surface area (Å²) in [5.41, 5.74) is 0.892. The number of hydrogen-bond acceptors (Lipinski definition) is 9. The molecule has 2 heterocycles. The predicted molar refractivity (Wildman–Crippen MR) is 117 cm³/mol. The van der Waals surface area contributed by atoms with Crippen molar-refractivity contribution in [2.24, 2.45) is 10.3 Å². The molecule has 11 nitrogen and oxygen atoms in total. The standard InChI is InChI=1S/C22H23N5O6/c1-4-33-15-8-5-13(6-9-15)23-18(28)12-26-20-19(24-25-26)21(29)27(22(20)30)14-7-10-16(31-2)17(11-14)32-3/h5-11,19-20H,4,12H2,1-3H3,(H,23,28). The van der Waals surface area contributed by atoms with Crippen molar-refractivity contribution in [3.05, 3.63) is 42.5 Å². The van der Waals surface area contributed by atoms with E-state index in [2.05, 4.69) is 15.7 Å². The van der Waals surface area contributed by atoms with Crippen LogP contribution in [0.1, 0.15) is 6.92 Å². The van der Waals surface area contributed by atoms with Crippen molar-refractivity contribution in [2.45, 2.75) is 19.0 Å². The molecule has 0 aliphatic carbocycles. The second-order valence-corrected chi connectivity index (χ2v) is 7.25. The van der Waals surface area contributed by atoms with Crippen LogP contribution >= 0.6 is 0 Å². The number of fused-ring (bicyclic) bond motifs is 1. The Bertz CT molecular complexity index is 1100. The molecular weight excluding hydrogens is 430 g/mol. The number of anilines is 2. The molecule has 2 aromatic carbocycles. The molecule has 2 aromatic rings. The Labute approximate surface area is 189 Å². The second kappa shape index (κ2) is 9.15. The number of imide groups is 1. The summed E-state index contributed by atoms with van der Waals surface area (Å²) in [6.07, 6.45) is 0. The smallest absolute Gasteiger partial charge is 0.263 e. The summed E-state index contributed by atoms with van der Waals surface area (Å²) in [7, 11) is 2.95. The molecular formula is C22H23N5O6. The third-order valence-electron chi connectivity index (χ3n) is 5.24. The number of hydrogen-bond donors (Lipinski definition) is 1. The third kappa shape index (κ3) is 4.16. The number of carbonyl (C=O) groups is 3. The van der Waals surface area contributed by atoms with E-state index >= 15 is 0 Å². The van der Waals surface area contributed by atoms with E-state index in [1.807, 2.05) is 6.92 Å². The minimum absolute atomic E-state index is 0.239. The highest BCUT2D eigenvalue weighted by atomic mass is 16.5. The Kier molecular flexibility index (Phi) is 6.11. The van der Waals surface area contributed by atoms with Crippen LogP contribution in [0.3, 0.4) is 0 Å². The van der Waals surface area contributed by atoms with E-state index in [9.17, 15) is 14.4 Å². The molecule has 2 aliphatic rings. The fourth-order valence-corrected chi connectivity index (χ4v) is 3.72. The Morgan fingerprint density at radius 2 is 1.76 bits per heavy atom. The summed E-state index contributed by atoms with van der Waals surface area (Å²) in [4.78, 5) is 39.6. The maximum absolute atomic E-state index is 13.1. The Balaban J connectivity index is 1.46. The minimum Gasteiger partial charge on any atom is -0.494 e. The van der Waals surface area contributed by atoms with Crippen LogP contribution < -0.4 is 24.4 Å². The molecule has 4 rings (SSSR count). The number of benzene rings is 2. The van der Waals surface area contributed by atoms with Crippen LogP contribution in [-0.4, -0.2) is 62.2 Å². The fraction of sp³-hybridized carbons (Fsp3) is 0.318. The van der Waals surface area contributed by atoms with Crippen molar-refractivity contribution in [1.29, 1.82) is 0 Å². The quantitative estimate of drug-likeness (QED) is 0.607. The Morgan fingerprint density at radius 1 is 1.03 bits per heavy atom. The molecule has 1 fully saturated rings. The summed E-state index contributed by atoms with van der Waals surface area (Å²) in [6.45, 7) is 2.19.